The number of nitrogens with zero attached hydrogens (tertiary/aromatic N) is 2. The SMILES string of the molecule is C/C=C\S/C(=C(/C)N)c1ccc(CNC(=O)[C@@H]2C[C@@H](O)CN2C(=O)[C@@H](NC(C)C)C(C)(C)C)c(C(=O)N(C)C)c1. The van der Waals surface area contributed by atoms with Crippen molar-refractivity contribution in [2.75, 3.05) is 20.6 Å². The first kappa shape index (κ1) is 33.4. The first-order valence-corrected chi connectivity index (χ1v) is 14.6. The number of hydrogen-bond acceptors (Lipinski definition) is 7. The molecule has 0 saturated carbocycles. The Morgan fingerprint density at radius 2 is 1.90 bits per heavy atom. The fourth-order valence-corrected chi connectivity index (χ4v) is 5.35. The normalized spacial score (nSPS) is 19.1. The van der Waals surface area contributed by atoms with Crippen LogP contribution in [0.1, 0.15) is 76.4 Å². The van der Waals surface area contributed by atoms with Gasteiger partial charge in [0.05, 0.1) is 12.1 Å². The maximum absolute atomic E-state index is 13.6. The number of allylic oxidation sites excluding steroid dienone is 2. The molecule has 3 amide bonds. The van der Waals surface area contributed by atoms with Gasteiger partial charge in [0.15, 0.2) is 0 Å². The maximum Gasteiger partial charge on any atom is 0.253 e. The van der Waals surface area contributed by atoms with Gasteiger partial charge in [-0.05, 0) is 41.9 Å². The van der Waals surface area contributed by atoms with Crippen LogP contribution in [-0.4, -0.2) is 77.5 Å². The topological polar surface area (TPSA) is 128 Å². The summed E-state index contributed by atoms with van der Waals surface area (Å²) in [5.74, 6) is -0.769. The molecule has 1 heterocycles. The van der Waals surface area contributed by atoms with Crippen molar-refractivity contribution in [3.63, 3.8) is 0 Å². The molecule has 1 aliphatic rings. The molecule has 0 spiro atoms. The summed E-state index contributed by atoms with van der Waals surface area (Å²) in [7, 11) is 3.36. The summed E-state index contributed by atoms with van der Waals surface area (Å²) in [6.07, 6.45) is 1.29. The molecule has 1 aromatic carbocycles. The number of carbonyl (C=O) groups excluding carboxylic acids is 3. The number of carbonyl (C=O) groups is 3. The van der Waals surface area contributed by atoms with Gasteiger partial charge in [-0.2, -0.15) is 0 Å². The van der Waals surface area contributed by atoms with Gasteiger partial charge in [-0.25, -0.2) is 0 Å². The van der Waals surface area contributed by atoms with E-state index in [-0.39, 0.29) is 48.7 Å². The van der Waals surface area contributed by atoms with Crippen LogP contribution < -0.4 is 16.4 Å². The number of nitrogens with two attached hydrogens (primary N) is 1. The highest BCUT2D eigenvalue weighted by molar-refractivity contribution is 8.10. The molecule has 0 radical (unpaired) electrons. The van der Waals surface area contributed by atoms with Crippen molar-refractivity contribution in [3.05, 3.63) is 52.1 Å². The van der Waals surface area contributed by atoms with Crippen LogP contribution in [0.5, 0.6) is 0 Å². The molecule has 1 fully saturated rings. The van der Waals surface area contributed by atoms with Gasteiger partial charge in [0, 0.05) is 55.8 Å². The Morgan fingerprint density at radius 3 is 2.42 bits per heavy atom. The molecule has 0 aliphatic carbocycles. The minimum Gasteiger partial charge on any atom is -0.401 e. The van der Waals surface area contributed by atoms with Gasteiger partial charge in [-0.3, -0.25) is 14.4 Å². The molecule has 10 heteroatoms. The van der Waals surface area contributed by atoms with Crippen molar-refractivity contribution >= 4 is 34.4 Å². The summed E-state index contributed by atoms with van der Waals surface area (Å²) < 4.78 is 0. The van der Waals surface area contributed by atoms with Crippen LogP contribution in [0.25, 0.3) is 4.91 Å². The van der Waals surface area contributed by atoms with E-state index in [0.29, 0.717) is 16.8 Å². The van der Waals surface area contributed by atoms with Crippen molar-refractivity contribution in [2.24, 2.45) is 11.1 Å². The summed E-state index contributed by atoms with van der Waals surface area (Å²) >= 11 is 1.48. The third kappa shape index (κ3) is 8.59. The van der Waals surface area contributed by atoms with Crippen LogP contribution in [0, 0.1) is 5.41 Å². The number of rotatable bonds is 10. The summed E-state index contributed by atoms with van der Waals surface area (Å²) in [4.78, 5) is 44.0. The molecule has 0 unspecified atom stereocenters. The highest BCUT2D eigenvalue weighted by Gasteiger charge is 2.44. The number of amides is 3. The van der Waals surface area contributed by atoms with Crippen molar-refractivity contribution in [1.29, 1.82) is 0 Å². The minimum atomic E-state index is -0.805. The third-order valence-electron chi connectivity index (χ3n) is 6.62. The standard InChI is InChI=1S/C30H47N5O4S/c1-10-13-40-25(19(4)31)20-11-12-21(23(14-20)28(38)34(8)9)16-32-27(37)24-15-22(36)17-35(24)29(39)26(30(5,6)7)33-18(2)3/h10-14,18,22,24,26,33,36H,15-17,31H2,1-9H3,(H,32,37)/b13-10-,25-19-/t22-,24+,26-/m1/s1. The molecule has 3 atom stereocenters. The van der Waals surface area contributed by atoms with E-state index >= 15 is 0 Å². The summed E-state index contributed by atoms with van der Waals surface area (Å²) in [6, 6.07) is 4.25. The molecule has 9 nitrogen and oxygen atoms in total. The van der Waals surface area contributed by atoms with Crippen molar-refractivity contribution < 1.29 is 19.5 Å². The van der Waals surface area contributed by atoms with Gasteiger partial charge in [-0.15, -0.1) is 0 Å². The largest absolute Gasteiger partial charge is 0.401 e. The number of hydrogen-bond donors (Lipinski definition) is 4. The Bertz CT molecular complexity index is 1140. The number of aliphatic hydroxyl groups is 1. The van der Waals surface area contributed by atoms with Gasteiger partial charge in [0.1, 0.15) is 6.04 Å². The number of nitrogens with one attached hydrogen (secondary N) is 2. The molecule has 40 heavy (non-hydrogen) atoms. The van der Waals surface area contributed by atoms with Gasteiger partial charge in [-0.1, -0.05) is 64.6 Å². The van der Waals surface area contributed by atoms with Crippen LogP contribution in [0.3, 0.4) is 0 Å². The van der Waals surface area contributed by atoms with Gasteiger partial charge < -0.3 is 31.3 Å². The molecule has 1 aliphatic heterocycles. The van der Waals surface area contributed by atoms with E-state index in [1.807, 2.05) is 72.1 Å². The summed E-state index contributed by atoms with van der Waals surface area (Å²) in [5, 5.41) is 18.6. The zero-order valence-electron chi connectivity index (χ0n) is 25.4. The highest BCUT2D eigenvalue weighted by atomic mass is 32.2. The fourth-order valence-electron chi connectivity index (χ4n) is 4.63. The van der Waals surface area contributed by atoms with E-state index in [4.69, 9.17) is 5.73 Å². The molecule has 2 rings (SSSR count). The predicted octanol–water partition coefficient (Wildman–Crippen LogP) is 3.29. The van der Waals surface area contributed by atoms with E-state index in [2.05, 4.69) is 10.6 Å². The first-order chi connectivity index (χ1) is 18.6. The second kappa shape index (κ2) is 14.2. The van der Waals surface area contributed by atoms with E-state index in [1.165, 1.54) is 21.6 Å². The van der Waals surface area contributed by atoms with Crippen molar-refractivity contribution in [1.82, 2.24) is 20.4 Å². The Morgan fingerprint density at radius 1 is 1.25 bits per heavy atom. The molecular formula is C30H47N5O4S. The molecule has 222 valence electrons. The van der Waals surface area contributed by atoms with Crippen LogP contribution in [-0.2, 0) is 16.1 Å². The number of likely N-dealkylation sites (tertiary alicyclic amines) is 1. The molecule has 5 N–H and O–H groups in total. The maximum atomic E-state index is 13.6. The van der Waals surface area contributed by atoms with E-state index in [1.54, 1.807) is 20.2 Å². The number of benzene rings is 1. The Labute approximate surface area is 243 Å². The summed E-state index contributed by atoms with van der Waals surface area (Å²) in [6.45, 7) is 13.8. The number of β-amino-alcohol motifs (C(OH)–C–C–N with tert-alkyl or cyclic N) is 1. The quantitative estimate of drug-likeness (QED) is 0.338. The van der Waals surface area contributed by atoms with Crippen molar-refractivity contribution in [3.8, 4) is 0 Å². The smallest absolute Gasteiger partial charge is 0.253 e. The second-order valence-electron chi connectivity index (χ2n) is 11.9. The summed E-state index contributed by atoms with van der Waals surface area (Å²) in [5.41, 5.74) is 8.30. The van der Waals surface area contributed by atoms with Crippen LogP contribution in [0.4, 0.5) is 0 Å². The minimum absolute atomic E-state index is 0.0680. The van der Waals surface area contributed by atoms with Crippen LogP contribution in [0.15, 0.2) is 35.4 Å². The van der Waals surface area contributed by atoms with Crippen LogP contribution >= 0.6 is 11.8 Å². The molecule has 0 bridgehead atoms. The fraction of sp³-hybridized carbons (Fsp3) is 0.567. The van der Waals surface area contributed by atoms with Gasteiger partial charge >= 0.3 is 0 Å². The van der Waals surface area contributed by atoms with E-state index < -0.39 is 18.2 Å². The zero-order valence-corrected chi connectivity index (χ0v) is 26.2. The average Bonchev–Trinajstić information content (AvgIpc) is 3.26. The Balaban J connectivity index is 2.33. The Hall–Kier alpha value is -2.82. The number of aliphatic hydroxyl groups excluding tert-OH is 1. The molecule has 1 aromatic rings. The number of thioether (sulfide) groups is 1. The average molecular weight is 574 g/mol. The Kier molecular flexibility index (Phi) is 11.8. The van der Waals surface area contributed by atoms with Gasteiger partial charge in [0.25, 0.3) is 5.91 Å². The second-order valence-corrected chi connectivity index (χ2v) is 12.8. The molecule has 0 aromatic heterocycles. The van der Waals surface area contributed by atoms with E-state index in [9.17, 15) is 19.5 Å². The highest BCUT2D eigenvalue weighted by Crippen LogP contribution is 2.32. The third-order valence-corrected chi connectivity index (χ3v) is 7.82. The van der Waals surface area contributed by atoms with Crippen molar-refractivity contribution in [2.45, 2.75) is 85.7 Å². The predicted molar refractivity (Wildman–Crippen MR) is 163 cm³/mol. The van der Waals surface area contributed by atoms with Crippen LogP contribution in [0.2, 0.25) is 0 Å². The monoisotopic (exact) mass is 573 g/mol. The van der Waals surface area contributed by atoms with Gasteiger partial charge in [0.2, 0.25) is 11.8 Å². The lowest BCUT2D eigenvalue weighted by atomic mass is 9.85. The lowest BCUT2D eigenvalue weighted by Crippen LogP contribution is -2.57. The molecular weight excluding hydrogens is 526 g/mol. The van der Waals surface area contributed by atoms with E-state index in [0.717, 1.165) is 10.5 Å². The molecule has 1 saturated heterocycles. The lowest BCUT2D eigenvalue weighted by Gasteiger charge is -2.36. The zero-order chi connectivity index (χ0) is 30.4. The lowest BCUT2D eigenvalue weighted by molar-refractivity contribution is -0.142. The first-order valence-electron chi connectivity index (χ1n) is 13.7.